The van der Waals surface area contributed by atoms with E-state index in [1.807, 2.05) is 42.5 Å². The molecule has 132 valence electrons. The molecule has 1 N–H and O–H groups in total. The Kier molecular flexibility index (Phi) is 5.04. The third-order valence-corrected chi connectivity index (χ3v) is 4.14. The van der Waals surface area contributed by atoms with Gasteiger partial charge in [-0.1, -0.05) is 48.0 Å². The van der Waals surface area contributed by atoms with E-state index in [0.717, 1.165) is 10.8 Å². The highest BCUT2D eigenvalue weighted by atomic mass is 35.5. The largest absolute Gasteiger partial charge is 0.479 e. The van der Waals surface area contributed by atoms with Crippen LogP contribution in [0.25, 0.3) is 10.8 Å². The summed E-state index contributed by atoms with van der Waals surface area (Å²) in [4.78, 5) is 22.7. The Morgan fingerprint density at radius 1 is 1.15 bits per heavy atom. The minimum atomic E-state index is -0.840. The monoisotopic (exact) mass is 370 g/mol. The molecule has 3 aromatic carbocycles. The second-order valence-electron chi connectivity index (χ2n) is 5.65. The van der Waals surface area contributed by atoms with Gasteiger partial charge in [0.05, 0.1) is 9.95 Å². The topological polar surface area (TPSA) is 81.5 Å². The van der Waals surface area contributed by atoms with Crippen molar-refractivity contribution in [2.24, 2.45) is 0 Å². The number of hydrogen-bond acceptors (Lipinski definition) is 4. The first-order valence-electron chi connectivity index (χ1n) is 7.85. The molecule has 0 radical (unpaired) electrons. The molecule has 6 nitrogen and oxygen atoms in total. The van der Waals surface area contributed by atoms with E-state index in [1.165, 1.54) is 18.2 Å². The normalized spacial score (nSPS) is 11.8. The van der Waals surface area contributed by atoms with E-state index in [-0.39, 0.29) is 22.4 Å². The van der Waals surface area contributed by atoms with Crippen LogP contribution in [0.4, 0.5) is 11.4 Å². The number of nitrogens with one attached hydrogen (secondary N) is 1. The van der Waals surface area contributed by atoms with Crippen molar-refractivity contribution in [2.45, 2.75) is 13.0 Å². The van der Waals surface area contributed by atoms with Crippen LogP contribution in [0.5, 0.6) is 5.75 Å². The number of carbonyl (C=O) groups excluding carboxylic acids is 1. The Hall–Kier alpha value is -3.12. The van der Waals surface area contributed by atoms with Crippen molar-refractivity contribution in [1.82, 2.24) is 0 Å². The molecule has 0 saturated heterocycles. The molecular formula is C19H15ClN2O4. The Morgan fingerprint density at radius 2 is 1.88 bits per heavy atom. The summed E-state index contributed by atoms with van der Waals surface area (Å²) in [5, 5.41) is 15.6. The molecule has 0 bridgehead atoms. The maximum Gasteiger partial charge on any atom is 0.271 e. The summed E-state index contributed by atoms with van der Waals surface area (Å²) in [6.45, 7) is 1.58. The molecule has 0 aliphatic carbocycles. The summed E-state index contributed by atoms with van der Waals surface area (Å²) in [7, 11) is 0. The Balaban J connectivity index is 1.75. The number of fused-ring (bicyclic) bond motifs is 1. The molecule has 0 unspecified atom stereocenters. The number of non-ortho nitro benzene ring substituents is 1. The number of anilines is 1. The first kappa shape index (κ1) is 17.7. The van der Waals surface area contributed by atoms with Crippen LogP contribution < -0.4 is 10.1 Å². The third kappa shape index (κ3) is 3.75. The molecule has 3 aromatic rings. The van der Waals surface area contributed by atoms with Gasteiger partial charge in [0.25, 0.3) is 11.6 Å². The van der Waals surface area contributed by atoms with Gasteiger partial charge < -0.3 is 10.1 Å². The molecule has 0 aliphatic heterocycles. The Labute approximate surface area is 154 Å². The number of nitro groups is 1. The lowest BCUT2D eigenvalue weighted by Gasteiger charge is -2.16. The van der Waals surface area contributed by atoms with Gasteiger partial charge in [0.1, 0.15) is 5.75 Å². The van der Waals surface area contributed by atoms with Crippen LogP contribution in [0, 0.1) is 10.1 Å². The number of rotatable bonds is 5. The van der Waals surface area contributed by atoms with Crippen molar-refractivity contribution in [3.8, 4) is 5.75 Å². The van der Waals surface area contributed by atoms with Crippen LogP contribution in [0.15, 0.2) is 60.7 Å². The van der Waals surface area contributed by atoms with E-state index >= 15 is 0 Å². The van der Waals surface area contributed by atoms with E-state index < -0.39 is 11.0 Å². The second-order valence-corrected chi connectivity index (χ2v) is 6.06. The quantitative estimate of drug-likeness (QED) is 0.516. The SMILES string of the molecule is C[C@H](Oc1ccc([N+](=O)[O-])cc1Cl)C(=O)Nc1cccc2ccccc12. The Bertz CT molecular complexity index is 985. The third-order valence-electron chi connectivity index (χ3n) is 3.85. The lowest BCUT2D eigenvalue weighted by molar-refractivity contribution is -0.384. The van der Waals surface area contributed by atoms with Crippen LogP contribution in [-0.4, -0.2) is 16.9 Å². The van der Waals surface area contributed by atoms with Gasteiger partial charge >= 0.3 is 0 Å². The van der Waals surface area contributed by atoms with Crippen molar-refractivity contribution in [3.63, 3.8) is 0 Å². The first-order chi connectivity index (χ1) is 12.5. The summed E-state index contributed by atoms with van der Waals surface area (Å²) in [6, 6.07) is 17.2. The van der Waals surface area contributed by atoms with Gasteiger partial charge in [0.15, 0.2) is 6.10 Å². The van der Waals surface area contributed by atoms with Crippen LogP contribution >= 0.6 is 11.6 Å². The molecule has 1 amide bonds. The predicted molar refractivity (Wildman–Crippen MR) is 101 cm³/mol. The zero-order valence-corrected chi connectivity index (χ0v) is 14.6. The van der Waals surface area contributed by atoms with Crippen LogP contribution in [0.1, 0.15) is 6.92 Å². The van der Waals surface area contributed by atoms with E-state index in [9.17, 15) is 14.9 Å². The van der Waals surface area contributed by atoms with Crippen molar-refractivity contribution in [2.75, 3.05) is 5.32 Å². The molecule has 0 heterocycles. The summed E-state index contributed by atoms with van der Waals surface area (Å²) < 4.78 is 5.56. The molecule has 0 saturated carbocycles. The standard InChI is InChI=1S/C19H15ClN2O4/c1-12(26-18-10-9-14(22(24)25)11-16(18)20)19(23)21-17-8-4-6-13-5-2-3-7-15(13)17/h2-12H,1H3,(H,21,23)/t12-/m0/s1. The molecule has 0 fully saturated rings. The van der Waals surface area contributed by atoms with Gasteiger partial charge in [-0.2, -0.15) is 0 Å². The van der Waals surface area contributed by atoms with Gasteiger partial charge in [-0.05, 0) is 24.4 Å². The van der Waals surface area contributed by atoms with Crippen molar-refractivity contribution in [1.29, 1.82) is 0 Å². The lowest BCUT2D eigenvalue weighted by atomic mass is 10.1. The smallest absolute Gasteiger partial charge is 0.271 e. The van der Waals surface area contributed by atoms with Crippen molar-refractivity contribution >= 4 is 39.7 Å². The minimum absolute atomic E-state index is 0.0732. The molecule has 7 heteroatoms. The van der Waals surface area contributed by atoms with Crippen LogP contribution in [-0.2, 0) is 4.79 Å². The number of carbonyl (C=O) groups is 1. The number of halogens is 1. The molecule has 3 rings (SSSR count). The molecule has 0 spiro atoms. The number of benzene rings is 3. The molecule has 1 atom stereocenters. The number of hydrogen-bond donors (Lipinski definition) is 1. The number of nitro benzene ring substituents is 1. The maximum atomic E-state index is 12.5. The summed E-state index contributed by atoms with van der Waals surface area (Å²) in [5.74, 6) is -0.145. The molecule has 0 aliphatic rings. The highest BCUT2D eigenvalue weighted by Gasteiger charge is 2.18. The molecular weight excluding hydrogens is 356 g/mol. The van der Waals surface area contributed by atoms with Gasteiger partial charge in [-0.3, -0.25) is 14.9 Å². The maximum absolute atomic E-state index is 12.5. The zero-order chi connectivity index (χ0) is 18.7. The van der Waals surface area contributed by atoms with Crippen molar-refractivity contribution in [3.05, 3.63) is 75.8 Å². The van der Waals surface area contributed by atoms with E-state index in [0.29, 0.717) is 5.69 Å². The second kappa shape index (κ2) is 7.41. The molecule has 0 aromatic heterocycles. The van der Waals surface area contributed by atoms with Gasteiger partial charge in [-0.25, -0.2) is 0 Å². The minimum Gasteiger partial charge on any atom is -0.479 e. The van der Waals surface area contributed by atoms with E-state index in [2.05, 4.69) is 5.32 Å². The highest BCUT2D eigenvalue weighted by molar-refractivity contribution is 6.32. The summed E-state index contributed by atoms with van der Waals surface area (Å²) >= 11 is 6.00. The number of nitrogens with zero attached hydrogens (tertiary/aromatic N) is 1. The Morgan fingerprint density at radius 3 is 2.62 bits per heavy atom. The number of ether oxygens (including phenoxy) is 1. The van der Waals surface area contributed by atoms with Crippen LogP contribution in [0.2, 0.25) is 5.02 Å². The predicted octanol–water partition coefficient (Wildman–Crippen LogP) is 4.81. The fourth-order valence-corrected chi connectivity index (χ4v) is 2.73. The van der Waals surface area contributed by atoms with E-state index in [1.54, 1.807) is 6.92 Å². The first-order valence-corrected chi connectivity index (χ1v) is 8.23. The van der Waals surface area contributed by atoms with Crippen LogP contribution in [0.3, 0.4) is 0 Å². The summed E-state index contributed by atoms with van der Waals surface area (Å²) in [6.07, 6.45) is -0.840. The molecule has 26 heavy (non-hydrogen) atoms. The van der Waals surface area contributed by atoms with Gasteiger partial charge in [0, 0.05) is 23.2 Å². The lowest BCUT2D eigenvalue weighted by Crippen LogP contribution is -2.30. The highest BCUT2D eigenvalue weighted by Crippen LogP contribution is 2.30. The fraction of sp³-hybridized carbons (Fsp3) is 0.105. The van der Waals surface area contributed by atoms with Crippen molar-refractivity contribution < 1.29 is 14.5 Å². The average molecular weight is 371 g/mol. The fourth-order valence-electron chi connectivity index (χ4n) is 2.51. The summed E-state index contributed by atoms with van der Waals surface area (Å²) in [5.41, 5.74) is 0.536. The zero-order valence-electron chi connectivity index (χ0n) is 13.8. The number of amides is 1. The van der Waals surface area contributed by atoms with E-state index in [4.69, 9.17) is 16.3 Å². The van der Waals surface area contributed by atoms with Gasteiger partial charge in [0.2, 0.25) is 0 Å². The van der Waals surface area contributed by atoms with Gasteiger partial charge in [-0.15, -0.1) is 0 Å². The average Bonchev–Trinajstić information content (AvgIpc) is 2.63.